The summed E-state index contributed by atoms with van der Waals surface area (Å²) in [6.07, 6.45) is 4.12. The predicted octanol–water partition coefficient (Wildman–Crippen LogP) is 7.26. The van der Waals surface area contributed by atoms with E-state index in [1.807, 2.05) is 19.3 Å². The Morgan fingerprint density at radius 3 is 2.28 bits per heavy atom. The van der Waals surface area contributed by atoms with Crippen LogP contribution in [0.2, 0.25) is 0 Å². The van der Waals surface area contributed by atoms with E-state index in [9.17, 15) is 0 Å². The second-order valence-corrected chi connectivity index (χ2v) is 10.4. The summed E-state index contributed by atoms with van der Waals surface area (Å²) >= 11 is 0. The molecule has 0 saturated heterocycles. The molecule has 0 heterocycles. The summed E-state index contributed by atoms with van der Waals surface area (Å²) in [6, 6.07) is 21.8. The van der Waals surface area contributed by atoms with Gasteiger partial charge in [0.25, 0.3) is 0 Å². The van der Waals surface area contributed by atoms with Gasteiger partial charge in [-0.2, -0.15) is 0 Å². The predicted molar refractivity (Wildman–Crippen MR) is 142 cm³/mol. The molecule has 0 fully saturated rings. The van der Waals surface area contributed by atoms with E-state index >= 15 is 0 Å². The fourth-order valence-electron chi connectivity index (χ4n) is 4.41. The van der Waals surface area contributed by atoms with Crippen LogP contribution in [0.1, 0.15) is 60.1 Å². The van der Waals surface area contributed by atoms with Crippen LogP contribution in [0.4, 0.5) is 0 Å². The zero-order chi connectivity index (χ0) is 23.1. The topological polar surface area (TPSA) is 21.6 Å². The first-order valence-corrected chi connectivity index (χ1v) is 12.5. The van der Waals surface area contributed by atoms with Crippen molar-refractivity contribution in [2.75, 3.05) is 7.05 Å². The number of ether oxygens (including phenoxy) is 1. The van der Waals surface area contributed by atoms with Crippen molar-refractivity contribution in [1.29, 1.82) is 0 Å². The molecule has 3 aromatic carbocycles. The highest BCUT2D eigenvalue weighted by molar-refractivity contribution is 7.48. The molecule has 0 aliphatic carbocycles. The Bertz CT molecular complexity index is 1070. The number of aliphatic imine (C=N–C) groups is 1. The highest BCUT2D eigenvalue weighted by Crippen LogP contribution is 2.51. The van der Waals surface area contributed by atoms with Gasteiger partial charge in [0.2, 0.25) is 0 Å². The molecule has 0 amide bonds. The highest BCUT2D eigenvalue weighted by Gasteiger charge is 2.33. The van der Waals surface area contributed by atoms with E-state index in [-0.39, 0.29) is 5.16 Å². The van der Waals surface area contributed by atoms with Crippen LogP contribution in [0.15, 0.2) is 65.7 Å². The van der Waals surface area contributed by atoms with Crippen molar-refractivity contribution in [3.05, 3.63) is 94.0 Å². The number of hydrogen-bond donors (Lipinski definition) is 0. The van der Waals surface area contributed by atoms with Crippen LogP contribution in [0.3, 0.4) is 0 Å². The van der Waals surface area contributed by atoms with Crippen molar-refractivity contribution in [3.8, 4) is 5.75 Å². The first-order chi connectivity index (χ1) is 15.4. The Labute approximate surface area is 195 Å². The summed E-state index contributed by atoms with van der Waals surface area (Å²) in [5, 5.41) is 1.40. The van der Waals surface area contributed by atoms with Gasteiger partial charge in [-0.05, 0) is 61.7 Å². The van der Waals surface area contributed by atoms with Gasteiger partial charge in [-0.25, -0.2) is 0 Å². The quantitative estimate of drug-likeness (QED) is 0.251. The average Bonchev–Trinajstić information content (AvgIpc) is 2.79. The van der Waals surface area contributed by atoms with Crippen LogP contribution >= 0.6 is 8.58 Å². The summed E-state index contributed by atoms with van der Waals surface area (Å²) in [4.78, 5) is 4.33. The molecule has 3 heteroatoms. The van der Waals surface area contributed by atoms with Crippen LogP contribution in [0, 0.1) is 20.8 Å². The van der Waals surface area contributed by atoms with Gasteiger partial charge in [0, 0.05) is 24.0 Å². The molecule has 0 radical (unpaired) electrons. The summed E-state index contributed by atoms with van der Waals surface area (Å²) in [6.45, 7) is 11.7. The van der Waals surface area contributed by atoms with E-state index in [1.165, 1.54) is 38.7 Å². The second-order valence-electron chi connectivity index (χ2n) is 8.62. The number of nitrogens with zero attached hydrogens (tertiary/aromatic N) is 1. The smallest absolute Gasteiger partial charge is 0.126 e. The Hall–Kier alpha value is -2.44. The van der Waals surface area contributed by atoms with Gasteiger partial charge in [0.15, 0.2) is 0 Å². The van der Waals surface area contributed by atoms with Crippen LogP contribution in [-0.2, 0) is 11.8 Å². The highest BCUT2D eigenvalue weighted by atomic mass is 31.1. The molecule has 0 N–H and O–H groups in total. The molecule has 0 aliphatic heterocycles. The van der Waals surface area contributed by atoms with E-state index in [4.69, 9.17) is 4.74 Å². The SMILES string of the molecule is CCC(CC)(Pc1ccc(C)cc1C=NC)c1cc(C)cc(C)c1OCc1ccccc1. The third kappa shape index (κ3) is 5.48. The van der Waals surface area contributed by atoms with E-state index in [1.54, 1.807) is 0 Å². The molecule has 3 rings (SSSR count). The molecule has 168 valence electrons. The molecule has 32 heavy (non-hydrogen) atoms. The molecule has 0 saturated carbocycles. The molecule has 2 nitrogen and oxygen atoms in total. The van der Waals surface area contributed by atoms with Crippen LogP contribution in [0.5, 0.6) is 5.75 Å². The van der Waals surface area contributed by atoms with E-state index in [0.717, 1.165) is 18.6 Å². The van der Waals surface area contributed by atoms with Crippen molar-refractivity contribution in [2.45, 2.75) is 59.2 Å². The molecule has 0 aliphatic rings. The lowest BCUT2D eigenvalue weighted by molar-refractivity contribution is 0.296. The Morgan fingerprint density at radius 2 is 1.62 bits per heavy atom. The number of rotatable bonds is 9. The van der Waals surface area contributed by atoms with Crippen molar-refractivity contribution in [2.24, 2.45) is 4.99 Å². The fraction of sp³-hybridized carbons (Fsp3) is 0.345. The maximum atomic E-state index is 6.53. The molecular formula is C29H36NOP. The molecule has 0 bridgehead atoms. The van der Waals surface area contributed by atoms with Gasteiger partial charge in [0.1, 0.15) is 12.4 Å². The number of hydrogen-bond acceptors (Lipinski definition) is 2. The lowest BCUT2D eigenvalue weighted by Crippen LogP contribution is -2.24. The molecule has 3 aromatic rings. The zero-order valence-corrected chi connectivity index (χ0v) is 21.3. The fourth-order valence-corrected chi connectivity index (χ4v) is 6.04. The van der Waals surface area contributed by atoms with Crippen LogP contribution in [-0.4, -0.2) is 13.3 Å². The molecule has 1 unspecified atom stereocenters. The third-order valence-corrected chi connectivity index (χ3v) is 8.40. The lowest BCUT2D eigenvalue weighted by atomic mass is 9.89. The normalized spacial score (nSPS) is 12.2. The van der Waals surface area contributed by atoms with Crippen LogP contribution in [0.25, 0.3) is 0 Å². The van der Waals surface area contributed by atoms with Crippen molar-refractivity contribution >= 4 is 20.1 Å². The first kappa shape index (κ1) is 24.2. The third-order valence-electron chi connectivity index (χ3n) is 6.22. The molecule has 0 aromatic heterocycles. The van der Waals surface area contributed by atoms with E-state index in [2.05, 4.69) is 94.2 Å². The first-order valence-electron chi connectivity index (χ1n) is 11.5. The minimum atomic E-state index is 0.0222. The van der Waals surface area contributed by atoms with Crippen molar-refractivity contribution < 1.29 is 4.74 Å². The maximum absolute atomic E-state index is 6.53. The Kier molecular flexibility index (Phi) is 8.26. The van der Waals surface area contributed by atoms with Gasteiger partial charge >= 0.3 is 0 Å². The minimum Gasteiger partial charge on any atom is -0.488 e. The van der Waals surface area contributed by atoms with Crippen molar-refractivity contribution in [1.82, 2.24) is 0 Å². The van der Waals surface area contributed by atoms with Crippen molar-refractivity contribution in [3.63, 3.8) is 0 Å². The van der Waals surface area contributed by atoms with Gasteiger partial charge in [-0.15, -0.1) is 0 Å². The van der Waals surface area contributed by atoms with E-state index in [0.29, 0.717) is 15.2 Å². The monoisotopic (exact) mass is 445 g/mol. The second kappa shape index (κ2) is 10.9. The largest absolute Gasteiger partial charge is 0.488 e. The molecule has 1 atom stereocenters. The number of aryl methyl sites for hydroxylation is 3. The standard InChI is InChI=1S/C29H36NOP/c1-7-29(8-2,32-27-15-14-21(3)17-25(27)19-30-6)26-18-22(4)16-23(5)28(26)31-20-24-12-10-9-11-13-24/h9-19,32H,7-8,20H2,1-6H3. The Morgan fingerprint density at radius 1 is 0.906 bits per heavy atom. The summed E-state index contributed by atoms with van der Waals surface area (Å²) in [5.41, 5.74) is 7.54. The van der Waals surface area contributed by atoms with Gasteiger partial charge in [-0.1, -0.05) is 88.2 Å². The van der Waals surface area contributed by atoms with Gasteiger partial charge in [-0.3, -0.25) is 4.99 Å². The summed E-state index contributed by atoms with van der Waals surface area (Å²) < 4.78 is 6.53. The molecular weight excluding hydrogens is 409 g/mol. The summed E-state index contributed by atoms with van der Waals surface area (Å²) in [5.74, 6) is 1.05. The van der Waals surface area contributed by atoms with E-state index < -0.39 is 0 Å². The summed E-state index contributed by atoms with van der Waals surface area (Å²) in [7, 11) is 2.49. The van der Waals surface area contributed by atoms with Gasteiger partial charge < -0.3 is 4.74 Å². The zero-order valence-electron chi connectivity index (χ0n) is 20.3. The van der Waals surface area contributed by atoms with Crippen LogP contribution < -0.4 is 10.0 Å². The average molecular weight is 446 g/mol. The number of benzene rings is 3. The lowest BCUT2D eigenvalue weighted by Gasteiger charge is -2.35. The maximum Gasteiger partial charge on any atom is 0.126 e. The minimum absolute atomic E-state index is 0.0222. The molecule has 0 spiro atoms. The Balaban J connectivity index is 2.07. The van der Waals surface area contributed by atoms with Gasteiger partial charge in [0.05, 0.1) is 0 Å².